The van der Waals surface area contributed by atoms with Crippen molar-refractivity contribution in [1.29, 1.82) is 0 Å². The Labute approximate surface area is 93.1 Å². The molecule has 1 heterocycles. The summed E-state index contributed by atoms with van der Waals surface area (Å²) in [7, 11) is 3.23. The molecular formula is C11H14N2O3. The van der Waals surface area contributed by atoms with E-state index in [1.807, 2.05) is 19.1 Å². The zero-order valence-electron chi connectivity index (χ0n) is 9.48. The summed E-state index contributed by atoms with van der Waals surface area (Å²) in [6, 6.07) is 3.74. The molecule has 0 aliphatic carbocycles. The van der Waals surface area contributed by atoms with Gasteiger partial charge in [-0.2, -0.15) is 0 Å². The molecule has 2 rings (SSSR count). The number of fused-ring (bicyclic) bond motifs is 1. The molecule has 1 aromatic heterocycles. The number of nitrogen functional groups attached to an aromatic ring is 1. The van der Waals surface area contributed by atoms with Gasteiger partial charge in [0.2, 0.25) is 0 Å². The Balaban J connectivity index is 2.64. The quantitative estimate of drug-likeness (QED) is 0.861. The molecular weight excluding hydrogens is 208 g/mol. The van der Waals surface area contributed by atoms with Crippen LogP contribution in [0.3, 0.4) is 0 Å². The van der Waals surface area contributed by atoms with Crippen LogP contribution >= 0.6 is 0 Å². The number of aromatic nitrogens is 1. The molecule has 2 N–H and O–H groups in total. The second-order valence-corrected chi connectivity index (χ2v) is 3.54. The standard InChI is InChI=1S/C11H14N2O3/c1-6(14-2)7-4-8(15-3)10-9(5-7)16-13-11(10)12/h4-6H,1-3H3,(H2,12,13). The van der Waals surface area contributed by atoms with Gasteiger partial charge in [0.25, 0.3) is 0 Å². The Bertz CT molecular complexity index is 507. The van der Waals surface area contributed by atoms with E-state index >= 15 is 0 Å². The van der Waals surface area contributed by atoms with Gasteiger partial charge in [-0.05, 0) is 24.6 Å². The van der Waals surface area contributed by atoms with Crippen LogP contribution in [-0.4, -0.2) is 19.4 Å². The minimum Gasteiger partial charge on any atom is -0.496 e. The highest BCUT2D eigenvalue weighted by Crippen LogP contribution is 2.34. The second kappa shape index (κ2) is 4.02. The molecule has 5 heteroatoms. The normalized spacial score (nSPS) is 12.9. The smallest absolute Gasteiger partial charge is 0.178 e. The predicted octanol–water partition coefficient (Wildman–Crippen LogP) is 2.13. The molecule has 0 saturated heterocycles. The summed E-state index contributed by atoms with van der Waals surface area (Å²) in [5.41, 5.74) is 7.26. The summed E-state index contributed by atoms with van der Waals surface area (Å²) in [5.74, 6) is 0.985. The molecule has 0 radical (unpaired) electrons. The fraction of sp³-hybridized carbons (Fsp3) is 0.364. The summed E-state index contributed by atoms with van der Waals surface area (Å²) in [6.07, 6.45) is -0.0374. The summed E-state index contributed by atoms with van der Waals surface area (Å²) in [5, 5.41) is 4.42. The fourth-order valence-corrected chi connectivity index (χ4v) is 1.61. The van der Waals surface area contributed by atoms with Crippen LogP contribution in [0.25, 0.3) is 11.0 Å². The Hall–Kier alpha value is -1.75. The van der Waals surface area contributed by atoms with Crippen molar-refractivity contribution in [2.75, 3.05) is 20.0 Å². The van der Waals surface area contributed by atoms with Crippen molar-refractivity contribution in [2.45, 2.75) is 13.0 Å². The van der Waals surface area contributed by atoms with E-state index in [0.29, 0.717) is 22.5 Å². The minimum absolute atomic E-state index is 0.0374. The fourth-order valence-electron chi connectivity index (χ4n) is 1.61. The molecule has 5 nitrogen and oxygen atoms in total. The molecule has 16 heavy (non-hydrogen) atoms. The van der Waals surface area contributed by atoms with Gasteiger partial charge in [0, 0.05) is 7.11 Å². The molecule has 0 aliphatic heterocycles. The lowest BCUT2D eigenvalue weighted by Gasteiger charge is -2.11. The molecule has 0 aliphatic rings. The largest absolute Gasteiger partial charge is 0.496 e. The third-order valence-electron chi connectivity index (χ3n) is 2.63. The number of methoxy groups -OCH3 is 2. The number of anilines is 1. The molecule has 0 bridgehead atoms. The number of hydrogen-bond donors (Lipinski definition) is 1. The molecule has 2 aromatic rings. The number of ether oxygens (including phenoxy) is 2. The minimum atomic E-state index is -0.0374. The van der Waals surface area contributed by atoms with E-state index in [1.54, 1.807) is 14.2 Å². The first-order valence-corrected chi connectivity index (χ1v) is 4.93. The third-order valence-corrected chi connectivity index (χ3v) is 2.63. The summed E-state index contributed by atoms with van der Waals surface area (Å²) >= 11 is 0. The van der Waals surface area contributed by atoms with Gasteiger partial charge in [-0.3, -0.25) is 0 Å². The number of nitrogens with zero attached hydrogens (tertiary/aromatic N) is 1. The van der Waals surface area contributed by atoms with Crippen molar-refractivity contribution in [3.05, 3.63) is 17.7 Å². The lowest BCUT2D eigenvalue weighted by Crippen LogP contribution is -1.97. The molecule has 0 amide bonds. The SMILES string of the molecule is COc1cc(C(C)OC)cc2onc(N)c12. The highest BCUT2D eigenvalue weighted by molar-refractivity contribution is 5.93. The number of nitrogens with two attached hydrogens (primary N) is 1. The van der Waals surface area contributed by atoms with Gasteiger partial charge in [0.05, 0.1) is 13.2 Å². The molecule has 0 saturated carbocycles. The highest BCUT2D eigenvalue weighted by Gasteiger charge is 2.15. The van der Waals surface area contributed by atoms with Crippen LogP contribution < -0.4 is 10.5 Å². The van der Waals surface area contributed by atoms with E-state index in [4.69, 9.17) is 19.7 Å². The molecule has 1 aromatic carbocycles. The molecule has 86 valence electrons. The van der Waals surface area contributed by atoms with Crippen molar-refractivity contribution >= 4 is 16.8 Å². The van der Waals surface area contributed by atoms with E-state index in [9.17, 15) is 0 Å². The topological polar surface area (TPSA) is 70.5 Å². The van der Waals surface area contributed by atoms with Crippen molar-refractivity contribution in [3.63, 3.8) is 0 Å². The first-order chi connectivity index (χ1) is 7.67. The summed E-state index contributed by atoms with van der Waals surface area (Å²) < 4.78 is 15.6. The highest BCUT2D eigenvalue weighted by atomic mass is 16.5. The van der Waals surface area contributed by atoms with E-state index in [-0.39, 0.29) is 6.10 Å². The summed E-state index contributed by atoms with van der Waals surface area (Å²) in [4.78, 5) is 0. The maximum absolute atomic E-state index is 5.70. The van der Waals surface area contributed by atoms with Crippen LogP contribution in [0.4, 0.5) is 5.82 Å². The molecule has 0 fully saturated rings. The van der Waals surface area contributed by atoms with Gasteiger partial charge in [-0.1, -0.05) is 5.16 Å². The number of benzene rings is 1. The Morgan fingerprint density at radius 3 is 2.75 bits per heavy atom. The maximum atomic E-state index is 5.70. The van der Waals surface area contributed by atoms with Crippen LogP contribution in [0.1, 0.15) is 18.6 Å². The maximum Gasteiger partial charge on any atom is 0.178 e. The van der Waals surface area contributed by atoms with Crippen molar-refractivity contribution in [1.82, 2.24) is 5.16 Å². The zero-order valence-corrected chi connectivity index (χ0v) is 9.48. The second-order valence-electron chi connectivity index (χ2n) is 3.54. The van der Waals surface area contributed by atoms with Crippen LogP contribution in [0, 0.1) is 0 Å². The van der Waals surface area contributed by atoms with Gasteiger partial charge >= 0.3 is 0 Å². The monoisotopic (exact) mass is 222 g/mol. The van der Waals surface area contributed by atoms with Gasteiger partial charge in [-0.25, -0.2) is 0 Å². The molecule has 0 spiro atoms. The van der Waals surface area contributed by atoms with Gasteiger partial charge in [0.1, 0.15) is 11.1 Å². The summed E-state index contributed by atoms with van der Waals surface area (Å²) in [6.45, 7) is 1.94. The number of rotatable bonds is 3. The van der Waals surface area contributed by atoms with Gasteiger partial charge in [-0.15, -0.1) is 0 Å². The van der Waals surface area contributed by atoms with E-state index in [0.717, 1.165) is 5.56 Å². The van der Waals surface area contributed by atoms with E-state index < -0.39 is 0 Å². The third kappa shape index (κ3) is 1.59. The van der Waals surface area contributed by atoms with Gasteiger partial charge in [0.15, 0.2) is 11.4 Å². The van der Waals surface area contributed by atoms with Crippen LogP contribution in [0.2, 0.25) is 0 Å². The Kier molecular flexibility index (Phi) is 2.70. The molecule has 1 atom stereocenters. The van der Waals surface area contributed by atoms with Crippen LogP contribution in [-0.2, 0) is 4.74 Å². The van der Waals surface area contributed by atoms with Crippen molar-refractivity contribution < 1.29 is 14.0 Å². The van der Waals surface area contributed by atoms with Crippen molar-refractivity contribution in [3.8, 4) is 5.75 Å². The molecule has 1 unspecified atom stereocenters. The Morgan fingerprint density at radius 1 is 1.38 bits per heavy atom. The van der Waals surface area contributed by atoms with Crippen LogP contribution in [0.5, 0.6) is 5.75 Å². The van der Waals surface area contributed by atoms with Crippen molar-refractivity contribution in [2.24, 2.45) is 0 Å². The lowest BCUT2D eigenvalue weighted by atomic mass is 10.1. The van der Waals surface area contributed by atoms with Crippen LogP contribution in [0.15, 0.2) is 16.7 Å². The Morgan fingerprint density at radius 2 is 2.12 bits per heavy atom. The average Bonchev–Trinajstić information content (AvgIpc) is 2.69. The first-order valence-electron chi connectivity index (χ1n) is 4.93. The number of hydrogen-bond acceptors (Lipinski definition) is 5. The van der Waals surface area contributed by atoms with E-state index in [1.165, 1.54) is 0 Å². The van der Waals surface area contributed by atoms with E-state index in [2.05, 4.69) is 5.16 Å². The zero-order chi connectivity index (χ0) is 11.7. The first kappa shape index (κ1) is 10.8. The lowest BCUT2D eigenvalue weighted by molar-refractivity contribution is 0.119. The predicted molar refractivity (Wildman–Crippen MR) is 60.4 cm³/mol. The average molecular weight is 222 g/mol. The van der Waals surface area contributed by atoms with Gasteiger partial charge < -0.3 is 19.7 Å².